The summed E-state index contributed by atoms with van der Waals surface area (Å²) in [5.74, 6) is 0. The molecule has 2 aromatic rings. The summed E-state index contributed by atoms with van der Waals surface area (Å²) < 4.78 is 0. The van der Waals surface area contributed by atoms with Crippen LogP contribution in [0.15, 0.2) is 60.7 Å². The number of aliphatic hydroxyl groups excluding tert-OH is 1. The van der Waals surface area contributed by atoms with Crippen molar-refractivity contribution in [2.24, 2.45) is 0 Å². The van der Waals surface area contributed by atoms with E-state index in [9.17, 15) is 5.11 Å². The number of benzene rings is 2. The van der Waals surface area contributed by atoms with Gasteiger partial charge in [0.25, 0.3) is 5.17 Å². The van der Waals surface area contributed by atoms with Crippen LogP contribution in [0.25, 0.3) is 0 Å². The number of aliphatic hydroxyl groups is 1. The molecule has 0 unspecified atom stereocenters. The number of piperazine rings is 1. The van der Waals surface area contributed by atoms with E-state index in [2.05, 4.69) is 34.1 Å². The zero-order valence-corrected chi connectivity index (χ0v) is 14.8. The van der Waals surface area contributed by atoms with Crippen molar-refractivity contribution in [3.63, 3.8) is 0 Å². The minimum absolute atomic E-state index is 0.0384. The Morgan fingerprint density at radius 3 is 1.58 bits per heavy atom. The number of para-hydroxylation sites is 2. The molecule has 0 saturated carbocycles. The fraction of sp³-hybridized carbons (Fsp3) is 0.222. The Morgan fingerprint density at radius 2 is 1.17 bits per heavy atom. The molecule has 1 fully saturated rings. The minimum atomic E-state index is -0.0384. The lowest BCUT2D eigenvalue weighted by atomic mass is 10.2. The SMILES string of the molecule is OC(=S)N1CCN(C(=S)N(c2ccccc2)c2ccccc2)CC1. The van der Waals surface area contributed by atoms with Gasteiger partial charge in [-0.15, -0.1) is 0 Å². The first-order valence-corrected chi connectivity index (χ1v) is 8.65. The number of nitrogens with zero attached hydrogens (tertiary/aromatic N) is 3. The standard InChI is InChI=1S/C18H19N3OS2/c22-18(24)20-13-11-19(12-14-20)17(23)21(15-7-3-1-4-8-15)16-9-5-2-6-10-16/h1-10H,11-14H2,(H,22,24). The Hall–Kier alpha value is -2.18. The van der Waals surface area contributed by atoms with Gasteiger partial charge in [0.2, 0.25) is 0 Å². The Bertz CT molecular complexity index is 661. The van der Waals surface area contributed by atoms with E-state index in [0.29, 0.717) is 13.1 Å². The Balaban J connectivity index is 1.84. The summed E-state index contributed by atoms with van der Waals surface area (Å²) in [7, 11) is 0. The molecule has 1 N–H and O–H groups in total. The normalized spacial score (nSPS) is 14.3. The van der Waals surface area contributed by atoms with Crippen molar-refractivity contribution in [1.29, 1.82) is 0 Å². The molecule has 3 rings (SSSR count). The summed E-state index contributed by atoms with van der Waals surface area (Å²) in [5, 5.41) is 10.2. The van der Waals surface area contributed by atoms with E-state index < -0.39 is 0 Å². The molecule has 24 heavy (non-hydrogen) atoms. The van der Waals surface area contributed by atoms with Gasteiger partial charge in [-0.05, 0) is 48.7 Å². The number of rotatable bonds is 2. The molecule has 1 aliphatic heterocycles. The Labute approximate surface area is 152 Å². The van der Waals surface area contributed by atoms with E-state index in [1.807, 2.05) is 36.4 Å². The minimum Gasteiger partial charge on any atom is -0.486 e. The van der Waals surface area contributed by atoms with Crippen LogP contribution >= 0.6 is 24.4 Å². The maximum absolute atomic E-state index is 9.46. The maximum atomic E-state index is 9.46. The highest BCUT2D eigenvalue weighted by atomic mass is 32.1. The predicted molar refractivity (Wildman–Crippen MR) is 106 cm³/mol. The number of thiocarbonyl (C=S) groups is 2. The van der Waals surface area contributed by atoms with Crippen LogP contribution in [0.1, 0.15) is 0 Å². The third-order valence-corrected chi connectivity index (χ3v) is 4.74. The van der Waals surface area contributed by atoms with E-state index in [1.165, 1.54) is 0 Å². The highest BCUT2D eigenvalue weighted by Crippen LogP contribution is 2.27. The maximum Gasteiger partial charge on any atom is 0.256 e. The monoisotopic (exact) mass is 357 g/mol. The molecule has 1 saturated heterocycles. The Kier molecular flexibility index (Phi) is 5.27. The van der Waals surface area contributed by atoms with Gasteiger partial charge in [0.15, 0.2) is 5.11 Å². The van der Waals surface area contributed by atoms with Gasteiger partial charge in [-0.2, -0.15) is 0 Å². The molecule has 0 spiro atoms. The largest absolute Gasteiger partial charge is 0.486 e. The molecule has 6 heteroatoms. The summed E-state index contributed by atoms with van der Waals surface area (Å²) in [6.07, 6.45) is 0. The molecule has 0 bridgehead atoms. The van der Waals surface area contributed by atoms with Crippen LogP contribution in [0.4, 0.5) is 11.4 Å². The van der Waals surface area contributed by atoms with Crippen LogP contribution in [0.5, 0.6) is 0 Å². The van der Waals surface area contributed by atoms with Gasteiger partial charge in [0, 0.05) is 37.6 Å². The second kappa shape index (κ2) is 7.59. The lowest BCUT2D eigenvalue weighted by Gasteiger charge is -2.39. The third kappa shape index (κ3) is 3.66. The average Bonchev–Trinajstić information content (AvgIpc) is 2.64. The molecule has 0 radical (unpaired) electrons. The summed E-state index contributed by atoms with van der Waals surface area (Å²) in [6.45, 7) is 2.81. The van der Waals surface area contributed by atoms with Crippen molar-refractivity contribution in [3.8, 4) is 0 Å². The van der Waals surface area contributed by atoms with Crippen molar-refractivity contribution in [2.45, 2.75) is 0 Å². The fourth-order valence-electron chi connectivity index (χ4n) is 2.75. The number of anilines is 2. The zero-order valence-electron chi connectivity index (χ0n) is 13.2. The first kappa shape index (κ1) is 16.7. The molecule has 0 atom stereocenters. The predicted octanol–water partition coefficient (Wildman–Crippen LogP) is 3.57. The lowest BCUT2D eigenvalue weighted by molar-refractivity contribution is 0.235. The van der Waals surface area contributed by atoms with E-state index in [4.69, 9.17) is 24.4 Å². The van der Waals surface area contributed by atoms with Crippen molar-refractivity contribution >= 4 is 46.1 Å². The van der Waals surface area contributed by atoms with Crippen molar-refractivity contribution in [1.82, 2.24) is 9.80 Å². The molecule has 1 aliphatic rings. The van der Waals surface area contributed by atoms with Gasteiger partial charge in [-0.1, -0.05) is 36.4 Å². The van der Waals surface area contributed by atoms with Gasteiger partial charge in [-0.3, -0.25) is 4.90 Å². The van der Waals surface area contributed by atoms with Gasteiger partial charge in [0.05, 0.1) is 0 Å². The van der Waals surface area contributed by atoms with Gasteiger partial charge < -0.3 is 14.9 Å². The van der Waals surface area contributed by atoms with E-state index in [0.717, 1.165) is 29.6 Å². The molecule has 0 aromatic heterocycles. The molecule has 1 heterocycles. The second-order valence-electron chi connectivity index (χ2n) is 5.55. The summed E-state index contributed by atoms with van der Waals surface area (Å²) in [5.41, 5.74) is 2.07. The molecule has 0 amide bonds. The topological polar surface area (TPSA) is 30.0 Å². The third-order valence-electron chi connectivity index (χ3n) is 4.04. The quantitative estimate of drug-likeness (QED) is 0.827. The summed E-state index contributed by atoms with van der Waals surface area (Å²) >= 11 is 10.6. The first-order valence-electron chi connectivity index (χ1n) is 7.84. The first-order chi connectivity index (χ1) is 11.7. The summed E-state index contributed by atoms with van der Waals surface area (Å²) in [4.78, 5) is 6.04. The summed E-state index contributed by atoms with van der Waals surface area (Å²) in [6, 6.07) is 20.2. The molecule has 0 aliphatic carbocycles. The van der Waals surface area contributed by atoms with Gasteiger partial charge >= 0.3 is 0 Å². The van der Waals surface area contributed by atoms with Crippen LogP contribution in [0, 0.1) is 0 Å². The molecule has 2 aromatic carbocycles. The van der Waals surface area contributed by atoms with Crippen LogP contribution in [-0.2, 0) is 0 Å². The van der Waals surface area contributed by atoms with Crippen LogP contribution in [-0.4, -0.2) is 51.4 Å². The van der Waals surface area contributed by atoms with E-state index >= 15 is 0 Å². The van der Waals surface area contributed by atoms with Gasteiger partial charge in [0.1, 0.15) is 0 Å². The smallest absolute Gasteiger partial charge is 0.256 e. The van der Waals surface area contributed by atoms with Crippen molar-refractivity contribution in [3.05, 3.63) is 60.7 Å². The van der Waals surface area contributed by atoms with Crippen LogP contribution in [0.2, 0.25) is 0 Å². The van der Waals surface area contributed by atoms with E-state index in [1.54, 1.807) is 4.90 Å². The lowest BCUT2D eigenvalue weighted by Crippen LogP contribution is -2.53. The highest BCUT2D eigenvalue weighted by Gasteiger charge is 2.25. The second-order valence-corrected chi connectivity index (χ2v) is 6.28. The Morgan fingerprint density at radius 1 is 0.750 bits per heavy atom. The number of hydrogen-bond acceptors (Lipinski definition) is 2. The fourth-order valence-corrected chi connectivity index (χ4v) is 3.33. The van der Waals surface area contributed by atoms with E-state index in [-0.39, 0.29) is 5.17 Å². The average molecular weight is 358 g/mol. The molecular formula is C18H19N3OS2. The van der Waals surface area contributed by atoms with Crippen LogP contribution < -0.4 is 4.90 Å². The molecule has 124 valence electrons. The highest BCUT2D eigenvalue weighted by molar-refractivity contribution is 7.80. The number of hydrogen-bond donors (Lipinski definition) is 1. The zero-order chi connectivity index (χ0) is 16.9. The van der Waals surface area contributed by atoms with Crippen LogP contribution in [0.3, 0.4) is 0 Å². The molecule has 4 nitrogen and oxygen atoms in total. The molecular weight excluding hydrogens is 338 g/mol. The van der Waals surface area contributed by atoms with Crippen molar-refractivity contribution in [2.75, 3.05) is 31.1 Å². The van der Waals surface area contributed by atoms with Crippen molar-refractivity contribution < 1.29 is 5.11 Å². The van der Waals surface area contributed by atoms with Gasteiger partial charge in [-0.25, -0.2) is 0 Å².